The van der Waals surface area contributed by atoms with Gasteiger partial charge < -0.3 is 10.2 Å². The topological polar surface area (TPSA) is 86.6 Å². The van der Waals surface area contributed by atoms with Gasteiger partial charge in [-0.25, -0.2) is 4.79 Å². The van der Waals surface area contributed by atoms with Gasteiger partial charge in [0.25, 0.3) is 0 Å². The maximum atomic E-state index is 9.82. The molecule has 0 aliphatic carbocycles. The van der Waals surface area contributed by atoms with Crippen LogP contribution in [0.15, 0.2) is 12.3 Å². The molecule has 1 amide bonds. The molecule has 0 saturated carbocycles. The van der Waals surface area contributed by atoms with Gasteiger partial charge in [-0.05, 0) is 0 Å². The van der Waals surface area contributed by atoms with E-state index in [1.807, 2.05) is 5.32 Å². The molecule has 0 aromatic carbocycles. The maximum absolute atomic E-state index is 9.82. The third kappa shape index (κ3) is 6.48. The first kappa shape index (κ1) is 8.48. The summed E-state index contributed by atoms with van der Waals surface area (Å²) in [5.74, 6) is -0.997. The van der Waals surface area contributed by atoms with Gasteiger partial charge in [-0.1, -0.05) is 6.08 Å². The predicted molar refractivity (Wildman–Crippen MR) is 32.6 cm³/mol. The Morgan fingerprint density at radius 2 is 2.00 bits per heavy atom. The number of nitrogens with one attached hydrogen (secondary N) is 1. The van der Waals surface area contributed by atoms with Gasteiger partial charge in [-0.15, -0.1) is 0 Å². The Bertz CT molecular complexity index is 145. The van der Waals surface area contributed by atoms with E-state index < -0.39 is 12.1 Å². The number of aliphatic carboxylic acids is 1. The SMILES string of the molecule is O=C(O)C/C=C/NC(=O)O. The second kappa shape index (κ2) is 4.37. The number of carboxylic acid groups (broad SMARTS) is 2. The van der Waals surface area contributed by atoms with Crippen molar-refractivity contribution in [3.63, 3.8) is 0 Å². The lowest BCUT2D eigenvalue weighted by atomic mass is 10.4. The zero-order valence-electron chi connectivity index (χ0n) is 5.07. The van der Waals surface area contributed by atoms with Crippen LogP contribution in [-0.4, -0.2) is 22.3 Å². The molecule has 0 atom stereocenters. The van der Waals surface area contributed by atoms with Crippen molar-refractivity contribution in [3.05, 3.63) is 12.3 Å². The van der Waals surface area contributed by atoms with Crippen LogP contribution in [0, 0.1) is 0 Å². The summed E-state index contributed by atoms with van der Waals surface area (Å²) in [5.41, 5.74) is 0. The number of carboxylic acids is 1. The second-order valence-corrected chi connectivity index (χ2v) is 1.45. The molecule has 0 aromatic rings. The molecule has 3 N–H and O–H groups in total. The normalized spacial score (nSPS) is 9.60. The highest BCUT2D eigenvalue weighted by molar-refractivity contribution is 5.69. The zero-order valence-corrected chi connectivity index (χ0v) is 5.07. The molecule has 0 heterocycles. The van der Waals surface area contributed by atoms with Gasteiger partial charge in [0.2, 0.25) is 0 Å². The zero-order chi connectivity index (χ0) is 7.98. The molecule has 5 nitrogen and oxygen atoms in total. The number of rotatable bonds is 3. The molecule has 0 bridgehead atoms. The van der Waals surface area contributed by atoms with Crippen molar-refractivity contribution in [3.8, 4) is 0 Å². The summed E-state index contributed by atoms with van der Waals surface area (Å²) in [4.78, 5) is 19.6. The average molecular weight is 145 g/mol. The fourth-order valence-electron chi connectivity index (χ4n) is 0.290. The van der Waals surface area contributed by atoms with E-state index in [1.54, 1.807) is 0 Å². The van der Waals surface area contributed by atoms with Gasteiger partial charge in [0.05, 0.1) is 6.42 Å². The van der Waals surface area contributed by atoms with Crippen LogP contribution in [0.4, 0.5) is 4.79 Å². The van der Waals surface area contributed by atoms with E-state index in [0.717, 1.165) is 6.20 Å². The third-order valence-corrected chi connectivity index (χ3v) is 0.617. The van der Waals surface area contributed by atoms with E-state index in [2.05, 4.69) is 0 Å². The Labute approximate surface area is 57.0 Å². The van der Waals surface area contributed by atoms with E-state index >= 15 is 0 Å². The highest BCUT2D eigenvalue weighted by Gasteiger charge is 1.89. The van der Waals surface area contributed by atoms with Crippen molar-refractivity contribution in [2.75, 3.05) is 0 Å². The summed E-state index contributed by atoms with van der Waals surface area (Å²) < 4.78 is 0. The van der Waals surface area contributed by atoms with Gasteiger partial charge in [0.15, 0.2) is 0 Å². The highest BCUT2D eigenvalue weighted by Crippen LogP contribution is 1.79. The second-order valence-electron chi connectivity index (χ2n) is 1.45. The Hall–Kier alpha value is -1.52. The lowest BCUT2D eigenvalue weighted by Crippen LogP contribution is -2.12. The first-order valence-electron chi connectivity index (χ1n) is 2.49. The quantitative estimate of drug-likeness (QED) is 0.531. The Balaban J connectivity index is 3.38. The van der Waals surface area contributed by atoms with Crippen LogP contribution in [0.3, 0.4) is 0 Å². The molecular weight excluding hydrogens is 138 g/mol. The summed E-state index contributed by atoms with van der Waals surface area (Å²) in [6, 6.07) is 0. The van der Waals surface area contributed by atoms with Crippen molar-refractivity contribution in [1.29, 1.82) is 0 Å². The molecule has 0 unspecified atom stereocenters. The molecule has 0 fully saturated rings. The van der Waals surface area contributed by atoms with Crippen LogP contribution >= 0.6 is 0 Å². The molecule has 10 heavy (non-hydrogen) atoms. The van der Waals surface area contributed by atoms with Crippen molar-refractivity contribution in [2.24, 2.45) is 0 Å². The summed E-state index contributed by atoms with van der Waals surface area (Å²) >= 11 is 0. The van der Waals surface area contributed by atoms with Crippen LogP contribution in [0.2, 0.25) is 0 Å². The highest BCUT2D eigenvalue weighted by atomic mass is 16.4. The molecule has 0 radical (unpaired) electrons. The molecule has 0 aliphatic rings. The minimum Gasteiger partial charge on any atom is -0.481 e. The fourth-order valence-corrected chi connectivity index (χ4v) is 0.290. The van der Waals surface area contributed by atoms with E-state index in [-0.39, 0.29) is 6.42 Å². The Morgan fingerprint density at radius 1 is 1.40 bits per heavy atom. The summed E-state index contributed by atoms with van der Waals surface area (Å²) in [7, 11) is 0. The minimum absolute atomic E-state index is 0.180. The molecule has 0 rings (SSSR count). The minimum atomic E-state index is -1.21. The molecule has 0 aliphatic heterocycles. The predicted octanol–water partition coefficient (Wildman–Crippen LogP) is 0.242. The van der Waals surface area contributed by atoms with Crippen LogP contribution in [0.1, 0.15) is 6.42 Å². The standard InChI is InChI=1S/C5H7NO4/c7-4(8)2-1-3-6-5(9)10/h1,3,6H,2H2,(H,7,8)(H,9,10)/b3-1+. The van der Waals surface area contributed by atoms with Gasteiger partial charge >= 0.3 is 12.1 Å². The van der Waals surface area contributed by atoms with Gasteiger partial charge in [0, 0.05) is 6.20 Å². The fraction of sp³-hybridized carbons (Fsp3) is 0.200. The molecule has 0 aromatic heterocycles. The van der Waals surface area contributed by atoms with Crippen molar-refractivity contribution in [2.45, 2.75) is 6.42 Å². The Kier molecular flexibility index (Phi) is 3.70. The van der Waals surface area contributed by atoms with Gasteiger partial charge in [-0.3, -0.25) is 10.1 Å². The lowest BCUT2D eigenvalue weighted by molar-refractivity contribution is -0.136. The van der Waals surface area contributed by atoms with E-state index in [9.17, 15) is 9.59 Å². The smallest absolute Gasteiger partial charge is 0.408 e. The molecule has 0 saturated heterocycles. The largest absolute Gasteiger partial charge is 0.481 e. The summed E-state index contributed by atoms with van der Waals surface area (Å²) in [5, 5.41) is 17.9. The first-order valence-corrected chi connectivity index (χ1v) is 2.49. The van der Waals surface area contributed by atoms with Crippen LogP contribution in [0.5, 0.6) is 0 Å². The Morgan fingerprint density at radius 3 is 2.40 bits per heavy atom. The van der Waals surface area contributed by atoms with Gasteiger partial charge in [0.1, 0.15) is 0 Å². The monoisotopic (exact) mass is 145 g/mol. The van der Waals surface area contributed by atoms with Crippen LogP contribution in [0.25, 0.3) is 0 Å². The number of hydrogen-bond acceptors (Lipinski definition) is 2. The van der Waals surface area contributed by atoms with Crippen molar-refractivity contribution < 1.29 is 19.8 Å². The lowest BCUT2D eigenvalue weighted by Gasteiger charge is -1.87. The number of hydrogen-bond donors (Lipinski definition) is 3. The maximum Gasteiger partial charge on any atom is 0.408 e. The first-order chi connectivity index (χ1) is 4.63. The third-order valence-electron chi connectivity index (χ3n) is 0.617. The van der Waals surface area contributed by atoms with E-state index in [0.29, 0.717) is 0 Å². The van der Waals surface area contributed by atoms with Crippen molar-refractivity contribution >= 4 is 12.1 Å². The molecule has 5 heteroatoms. The molecular formula is C5H7NO4. The number of carbonyl (C=O) groups is 2. The molecule has 0 spiro atoms. The summed E-state index contributed by atoms with van der Waals surface area (Å²) in [6.07, 6.45) is 0.884. The molecule has 56 valence electrons. The average Bonchev–Trinajstić information content (AvgIpc) is 1.79. The summed E-state index contributed by atoms with van der Waals surface area (Å²) in [6.45, 7) is 0. The van der Waals surface area contributed by atoms with Crippen LogP contribution < -0.4 is 5.32 Å². The van der Waals surface area contributed by atoms with Crippen molar-refractivity contribution in [1.82, 2.24) is 5.32 Å². The van der Waals surface area contributed by atoms with Crippen LogP contribution in [-0.2, 0) is 4.79 Å². The number of amides is 1. The van der Waals surface area contributed by atoms with Gasteiger partial charge in [-0.2, -0.15) is 0 Å². The van der Waals surface area contributed by atoms with E-state index in [1.165, 1.54) is 6.08 Å². The van der Waals surface area contributed by atoms with E-state index in [4.69, 9.17) is 10.2 Å².